The maximum Gasteiger partial charge on any atom is 0.233 e. The maximum absolute atomic E-state index is 12.3. The molecule has 21 heavy (non-hydrogen) atoms. The zero-order valence-corrected chi connectivity index (χ0v) is 12.5. The predicted molar refractivity (Wildman–Crippen MR) is 78.9 cm³/mol. The van der Waals surface area contributed by atoms with E-state index in [1.54, 1.807) is 0 Å². The number of amidine groups is 1. The molecular formula is C14H23N5O2. The van der Waals surface area contributed by atoms with E-state index in [2.05, 4.69) is 27.6 Å². The van der Waals surface area contributed by atoms with Crippen molar-refractivity contribution in [3.63, 3.8) is 0 Å². The highest BCUT2D eigenvalue weighted by molar-refractivity contribution is 6.07. The van der Waals surface area contributed by atoms with Crippen LogP contribution in [-0.2, 0) is 11.2 Å². The third kappa shape index (κ3) is 3.01. The van der Waals surface area contributed by atoms with Crippen molar-refractivity contribution in [1.29, 1.82) is 0 Å². The molecule has 5 N–H and O–H groups in total. The lowest BCUT2D eigenvalue weighted by Gasteiger charge is -2.43. The Morgan fingerprint density at radius 3 is 2.90 bits per heavy atom. The highest BCUT2D eigenvalue weighted by Gasteiger charge is 2.51. The minimum absolute atomic E-state index is 0.0174. The first-order chi connectivity index (χ1) is 9.99. The molecule has 1 amide bonds. The van der Waals surface area contributed by atoms with E-state index in [1.165, 1.54) is 0 Å². The molecule has 1 heterocycles. The van der Waals surface area contributed by atoms with E-state index in [-0.39, 0.29) is 11.7 Å². The Morgan fingerprint density at radius 1 is 1.67 bits per heavy atom. The summed E-state index contributed by atoms with van der Waals surface area (Å²) in [5, 5.41) is 21.7. The largest absolute Gasteiger partial charge is 0.409 e. The number of carbonyl (C=O) groups is 1. The van der Waals surface area contributed by atoms with Gasteiger partial charge in [-0.15, -0.1) is 0 Å². The molecule has 0 aliphatic heterocycles. The van der Waals surface area contributed by atoms with Crippen LogP contribution in [0.2, 0.25) is 0 Å². The molecule has 7 heteroatoms. The number of hydrogen-bond donors (Lipinski definition) is 4. The molecule has 1 saturated carbocycles. The molecule has 0 saturated heterocycles. The summed E-state index contributed by atoms with van der Waals surface area (Å²) >= 11 is 0. The fourth-order valence-electron chi connectivity index (χ4n) is 3.01. The quantitative estimate of drug-likeness (QED) is 0.205. The van der Waals surface area contributed by atoms with Crippen LogP contribution in [0.15, 0.2) is 11.4 Å². The van der Waals surface area contributed by atoms with Gasteiger partial charge in [-0.2, -0.15) is 5.10 Å². The van der Waals surface area contributed by atoms with Gasteiger partial charge in [0.25, 0.3) is 0 Å². The van der Waals surface area contributed by atoms with Crippen LogP contribution in [0.4, 0.5) is 0 Å². The molecule has 0 radical (unpaired) electrons. The number of oxime groups is 1. The van der Waals surface area contributed by atoms with Crippen molar-refractivity contribution in [3.8, 4) is 0 Å². The number of aromatic nitrogens is 2. The number of nitrogens with one attached hydrogen (secondary N) is 2. The molecule has 1 aromatic rings. The van der Waals surface area contributed by atoms with Crippen LogP contribution < -0.4 is 11.1 Å². The molecule has 0 spiro atoms. The van der Waals surface area contributed by atoms with Gasteiger partial charge in [0.1, 0.15) is 5.41 Å². The average Bonchev–Trinajstić information content (AvgIpc) is 2.84. The fourth-order valence-corrected chi connectivity index (χ4v) is 3.01. The smallest absolute Gasteiger partial charge is 0.233 e. The Hall–Kier alpha value is -2.05. The monoisotopic (exact) mass is 293 g/mol. The fraction of sp³-hybridized carbons (Fsp3) is 0.643. The molecular weight excluding hydrogens is 270 g/mol. The van der Waals surface area contributed by atoms with Crippen molar-refractivity contribution in [3.05, 3.63) is 17.5 Å². The molecule has 0 bridgehead atoms. The van der Waals surface area contributed by atoms with Crippen molar-refractivity contribution >= 4 is 11.7 Å². The summed E-state index contributed by atoms with van der Waals surface area (Å²) in [5.41, 5.74) is 7.10. The number of nitrogens with zero attached hydrogens (tertiary/aromatic N) is 2. The van der Waals surface area contributed by atoms with Crippen LogP contribution in [0.3, 0.4) is 0 Å². The van der Waals surface area contributed by atoms with E-state index in [1.807, 2.05) is 13.1 Å². The normalized spacial score (nSPS) is 25.4. The molecule has 116 valence electrons. The van der Waals surface area contributed by atoms with Crippen molar-refractivity contribution in [2.24, 2.45) is 22.2 Å². The highest BCUT2D eigenvalue weighted by atomic mass is 16.4. The molecule has 0 unspecified atom stereocenters. The standard InChI is InChI=1S/C14H23N5O2/c1-9-6-14(7-9,12(15)19-21)13(20)16-5-3-4-11-8-17-18-10(11)2/h8-9,21H,3-7H2,1-2H3,(H2,15,19)(H,16,20)(H,17,18). The Balaban J connectivity index is 1.82. The second-order valence-electron chi connectivity index (χ2n) is 5.96. The van der Waals surface area contributed by atoms with Gasteiger partial charge in [0, 0.05) is 12.2 Å². The van der Waals surface area contributed by atoms with Gasteiger partial charge in [0.05, 0.1) is 6.20 Å². The van der Waals surface area contributed by atoms with E-state index < -0.39 is 5.41 Å². The maximum atomic E-state index is 12.3. The summed E-state index contributed by atoms with van der Waals surface area (Å²) in [6, 6.07) is 0. The van der Waals surface area contributed by atoms with Gasteiger partial charge in [0.15, 0.2) is 5.84 Å². The number of carbonyl (C=O) groups excluding carboxylic acids is 1. The lowest BCUT2D eigenvalue weighted by atomic mass is 9.61. The van der Waals surface area contributed by atoms with E-state index in [4.69, 9.17) is 10.9 Å². The summed E-state index contributed by atoms with van der Waals surface area (Å²) in [4.78, 5) is 12.3. The zero-order chi connectivity index (χ0) is 15.5. The van der Waals surface area contributed by atoms with E-state index in [0.717, 1.165) is 24.1 Å². The number of aromatic amines is 1. The molecule has 2 rings (SSSR count). The highest BCUT2D eigenvalue weighted by Crippen LogP contribution is 2.45. The summed E-state index contributed by atoms with van der Waals surface area (Å²) in [5.74, 6) is 0.299. The van der Waals surface area contributed by atoms with Gasteiger partial charge in [-0.3, -0.25) is 9.89 Å². The summed E-state index contributed by atoms with van der Waals surface area (Å²) in [6.07, 6.45) is 4.76. The molecule has 0 atom stereocenters. The number of amides is 1. The summed E-state index contributed by atoms with van der Waals surface area (Å²) in [7, 11) is 0. The van der Waals surface area contributed by atoms with Gasteiger partial charge in [-0.25, -0.2) is 0 Å². The average molecular weight is 293 g/mol. The number of hydrogen-bond acceptors (Lipinski definition) is 4. The van der Waals surface area contributed by atoms with E-state index in [9.17, 15) is 4.79 Å². The molecule has 7 nitrogen and oxygen atoms in total. The molecule has 1 fully saturated rings. The number of H-pyrrole nitrogens is 1. The molecule has 1 aliphatic carbocycles. The van der Waals surface area contributed by atoms with Gasteiger partial charge in [0.2, 0.25) is 5.91 Å². The lowest BCUT2D eigenvalue weighted by Crippen LogP contribution is -2.56. The lowest BCUT2D eigenvalue weighted by molar-refractivity contribution is -0.133. The van der Waals surface area contributed by atoms with Crippen molar-refractivity contribution in [2.75, 3.05) is 6.54 Å². The number of aryl methyl sites for hydroxylation is 2. The van der Waals surface area contributed by atoms with Crippen molar-refractivity contribution < 1.29 is 10.0 Å². The van der Waals surface area contributed by atoms with Crippen LogP contribution in [0.25, 0.3) is 0 Å². The number of rotatable bonds is 6. The van der Waals surface area contributed by atoms with E-state index in [0.29, 0.717) is 25.3 Å². The Bertz CT molecular complexity index is 531. The molecule has 1 aromatic heterocycles. The Labute approximate surface area is 124 Å². The molecule has 0 aromatic carbocycles. The summed E-state index contributed by atoms with van der Waals surface area (Å²) < 4.78 is 0. The second kappa shape index (κ2) is 6.15. The summed E-state index contributed by atoms with van der Waals surface area (Å²) in [6.45, 7) is 4.60. The first-order valence-electron chi connectivity index (χ1n) is 7.24. The Kier molecular flexibility index (Phi) is 4.50. The van der Waals surface area contributed by atoms with Gasteiger partial charge < -0.3 is 16.3 Å². The SMILES string of the molecule is Cc1[nH]ncc1CCCNC(=O)C1(C(N)=NO)CC(C)C1. The van der Waals surface area contributed by atoms with Crippen LogP contribution in [0.1, 0.15) is 37.4 Å². The van der Waals surface area contributed by atoms with Crippen LogP contribution in [-0.4, -0.2) is 33.7 Å². The second-order valence-corrected chi connectivity index (χ2v) is 5.96. The minimum Gasteiger partial charge on any atom is -0.409 e. The van der Waals surface area contributed by atoms with Gasteiger partial charge in [-0.1, -0.05) is 12.1 Å². The van der Waals surface area contributed by atoms with Crippen LogP contribution in [0, 0.1) is 18.3 Å². The number of nitrogens with two attached hydrogens (primary N) is 1. The first-order valence-corrected chi connectivity index (χ1v) is 7.24. The van der Waals surface area contributed by atoms with Crippen molar-refractivity contribution in [2.45, 2.75) is 39.5 Å². The van der Waals surface area contributed by atoms with Gasteiger partial charge >= 0.3 is 0 Å². The van der Waals surface area contributed by atoms with E-state index >= 15 is 0 Å². The topological polar surface area (TPSA) is 116 Å². The third-order valence-electron chi connectivity index (χ3n) is 4.27. The first kappa shape index (κ1) is 15.3. The van der Waals surface area contributed by atoms with Crippen LogP contribution in [0.5, 0.6) is 0 Å². The third-order valence-corrected chi connectivity index (χ3v) is 4.27. The minimum atomic E-state index is -0.820. The van der Waals surface area contributed by atoms with Gasteiger partial charge in [-0.05, 0) is 44.1 Å². The van der Waals surface area contributed by atoms with Crippen molar-refractivity contribution in [1.82, 2.24) is 15.5 Å². The molecule has 1 aliphatic rings. The zero-order valence-electron chi connectivity index (χ0n) is 12.5. The van der Waals surface area contributed by atoms with Crippen LogP contribution >= 0.6 is 0 Å². The predicted octanol–water partition coefficient (Wildman–Crippen LogP) is 0.930. The Morgan fingerprint density at radius 2 is 2.38 bits per heavy atom.